The molecule has 3 rings (SSSR count). The van der Waals surface area contributed by atoms with E-state index in [1.165, 1.54) is 0 Å². The monoisotopic (exact) mass is 233 g/mol. The SMILES string of the molecule is Cc1c2c(nn1-c1cccs1)CNCC2=O. The molecule has 0 aromatic carbocycles. The minimum atomic E-state index is 0.140. The Kier molecular flexibility index (Phi) is 2.15. The molecule has 2 aromatic rings. The Balaban J connectivity index is 2.19. The number of carbonyl (C=O) groups excluding carboxylic acids is 1. The van der Waals surface area contributed by atoms with Gasteiger partial charge in [0.15, 0.2) is 5.78 Å². The Morgan fingerprint density at radius 3 is 3.06 bits per heavy atom. The van der Waals surface area contributed by atoms with Crippen LogP contribution < -0.4 is 5.32 Å². The Morgan fingerprint density at radius 2 is 2.38 bits per heavy atom. The van der Waals surface area contributed by atoms with E-state index in [1.807, 2.05) is 29.1 Å². The summed E-state index contributed by atoms with van der Waals surface area (Å²) < 4.78 is 1.86. The largest absolute Gasteiger partial charge is 0.304 e. The molecule has 0 saturated carbocycles. The van der Waals surface area contributed by atoms with Crippen LogP contribution in [0.4, 0.5) is 0 Å². The molecule has 0 radical (unpaired) electrons. The van der Waals surface area contributed by atoms with Crippen molar-refractivity contribution in [2.24, 2.45) is 0 Å². The van der Waals surface area contributed by atoms with E-state index in [-0.39, 0.29) is 5.78 Å². The molecule has 0 aliphatic carbocycles. The maximum Gasteiger partial charge on any atom is 0.180 e. The lowest BCUT2D eigenvalue weighted by atomic mass is 10.1. The Labute approximate surface area is 96.9 Å². The average Bonchev–Trinajstić information content (AvgIpc) is 2.86. The van der Waals surface area contributed by atoms with Crippen molar-refractivity contribution in [1.29, 1.82) is 0 Å². The van der Waals surface area contributed by atoms with Gasteiger partial charge in [0.25, 0.3) is 0 Å². The summed E-state index contributed by atoms with van der Waals surface area (Å²) in [5, 5.41) is 10.6. The van der Waals surface area contributed by atoms with E-state index >= 15 is 0 Å². The van der Waals surface area contributed by atoms with E-state index in [9.17, 15) is 4.79 Å². The summed E-state index contributed by atoms with van der Waals surface area (Å²) in [7, 11) is 0. The molecule has 1 N–H and O–H groups in total. The number of carbonyl (C=O) groups is 1. The van der Waals surface area contributed by atoms with Crippen molar-refractivity contribution in [3.8, 4) is 5.00 Å². The minimum Gasteiger partial charge on any atom is -0.304 e. The highest BCUT2D eigenvalue weighted by Crippen LogP contribution is 2.23. The van der Waals surface area contributed by atoms with E-state index in [1.54, 1.807) is 11.3 Å². The predicted molar refractivity (Wildman–Crippen MR) is 62.2 cm³/mol. The van der Waals surface area contributed by atoms with Gasteiger partial charge in [-0.2, -0.15) is 5.10 Å². The molecule has 82 valence electrons. The van der Waals surface area contributed by atoms with Crippen LogP contribution in [-0.4, -0.2) is 22.1 Å². The highest BCUT2D eigenvalue weighted by Gasteiger charge is 2.24. The van der Waals surface area contributed by atoms with Crippen molar-refractivity contribution in [2.45, 2.75) is 13.5 Å². The highest BCUT2D eigenvalue weighted by molar-refractivity contribution is 7.12. The van der Waals surface area contributed by atoms with Gasteiger partial charge in [-0.3, -0.25) is 4.79 Å². The summed E-state index contributed by atoms with van der Waals surface area (Å²) >= 11 is 1.62. The second-order valence-corrected chi connectivity index (χ2v) is 4.72. The van der Waals surface area contributed by atoms with Crippen molar-refractivity contribution >= 4 is 17.1 Å². The van der Waals surface area contributed by atoms with Crippen molar-refractivity contribution in [2.75, 3.05) is 6.54 Å². The smallest absolute Gasteiger partial charge is 0.180 e. The molecule has 0 saturated heterocycles. The highest BCUT2D eigenvalue weighted by atomic mass is 32.1. The molecule has 0 unspecified atom stereocenters. The zero-order valence-corrected chi connectivity index (χ0v) is 9.67. The molecule has 5 heteroatoms. The number of Topliss-reactive ketones (excluding diaryl/α,β-unsaturated/α-hetero) is 1. The molecule has 1 aliphatic rings. The van der Waals surface area contributed by atoms with E-state index < -0.39 is 0 Å². The number of nitrogens with one attached hydrogen (secondary N) is 1. The lowest BCUT2D eigenvalue weighted by Crippen LogP contribution is -2.29. The number of nitrogens with zero attached hydrogens (tertiary/aromatic N) is 2. The first-order chi connectivity index (χ1) is 7.77. The molecule has 2 aromatic heterocycles. The maximum atomic E-state index is 11.8. The fraction of sp³-hybridized carbons (Fsp3) is 0.273. The molecule has 0 atom stereocenters. The number of hydrogen-bond acceptors (Lipinski definition) is 4. The second-order valence-electron chi connectivity index (χ2n) is 3.80. The van der Waals surface area contributed by atoms with Gasteiger partial charge in [-0.05, 0) is 24.4 Å². The van der Waals surface area contributed by atoms with Gasteiger partial charge in [0, 0.05) is 6.54 Å². The van der Waals surface area contributed by atoms with E-state index in [4.69, 9.17) is 0 Å². The number of rotatable bonds is 1. The van der Waals surface area contributed by atoms with Gasteiger partial charge in [-0.15, -0.1) is 11.3 Å². The minimum absolute atomic E-state index is 0.140. The molecule has 3 heterocycles. The first-order valence-electron chi connectivity index (χ1n) is 5.13. The number of ketones is 1. The lowest BCUT2D eigenvalue weighted by molar-refractivity contribution is 0.0981. The van der Waals surface area contributed by atoms with Gasteiger partial charge in [-0.25, -0.2) is 4.68 Å². The topological polar surface area (TPSA) is 46.9 Å². The molecule has 4 nitrogen and oxygen atoms in total. The molecule has 0 fully saturated rings. The van der Waals surface area contributed by atoms with Crippen molar-refractivity contribution < 1.29 is 4.79 Å². The van der Waals surface area contributed by atoms with Gasteiger partial charge in [0.1, 0.15) is 5.00 Å². The van der Waals surface area contributed by atoms with Crippen LogP contribution in [-0.2, 0) is 6.54 Å². The second kappa shape index (κ2) is 3.54. The number of aromatic nitrogens is 2. The lowest BCUT2D eigenvalue weighted by Gasteiger charge is -2.09. The van der Waals surface area contributed by atoms with Crippen LogP contribution >= 0.6 is 11.3 Å². The van der Waals surface area contributed by atoms with E-state index in [0.29, 0.717) is 13.1 Å². The van der Waals surface area contributed by atoms with Crippen LogP contribution in [0.25, 0.3) is 5.00 Å². The summed E-state index contributed by atoms with van der Waals surface area (Å²) in [6.45, 7) is 3.05. The molecule has 1 aliphatic heterocycles. The van der Waals surface area contributed by atoms with Gasteiger partial charge in [0.2, 0.25) is 0 Å². The fourth-order valence-electron chi connectivity index (χ4n) is 2.03. The molecular weight excluding hydrogens is 222 g/mol. The van der Waals surface area contributed by atoms with Gasteiger partial charge in [-0.1, -0.05) is 0 Å². The average molecular weight is 233 g/mol. The van der Waals surface area contributed by atoms with Crippen LogP contribution in [0.2, 0.25) is 0 Å². The zero-order chi connectivity index (χ0) is 11.1. The summed E-state index contributed by atoms with van der Waals surface area (Å²) in [5.74, 6) is 0.140. The van der Waals surface area contributed by atoms with Crippen LogP contribution in [0, 0.1) is 6.92 Å². The van der Waals surface area contributed by atoms with Crippen LogP contribution in [0.3, 0.4) is 0 Å². The molecule has 0 bridgehead atoms. The van der Waals surface area contributed by atoms with Gasteiger partial charge < -0.3 is 5.32 Å². The first-order valence-corrected chi connectivity index (χ1v) is 6.01. The van der Waals surface area contributed by atoms with Crippen LogP contribution in [0.1, 0.15) is 21.7 Å². The first kappa shape index (κ1) is 9.74. The van der Waals surface area contributed by atoms with E-state index in [2.05, 4.69) is 10.4 Å². The quantitative estimate of drug-likeness (QED) is 0.812. The summed E-state index contributed by atoms with van der Waals surface area (Å²) in [5.41, 5.74) is 2.61. The normalized spacial score (nSPS) is 15.2. The van der Waals surface area contributed by atoms with Crippen LogP contribution in [0.15, 0.2) is 17.5 Å². The van der Waals surface area contributed by atoms with Crippen molar-refractivity contribution in [3.05, 3.63) is 34.5 Å². The number of fused-ring (bicyclic) bond motifs is 1. The molecular formula is C11H11N3OS. The summed E-state index contributed by atoms with van der Waals surface area (Å²) in [4.78, 5) is 11.8. The van der Waals surface area contributed by atoms with E-state index in [0.717, 1.165) is 22.0 Å². The third-order valence-electron chi connectivity index (χ3n) is 2.76. The Hall–Kier alpha value is -1.46. The standard InChI is InChI=1S/C11H11N3OS/c1-7-11-8(5-12-6-9(11)15)13-14(7)10-3-2-4-16-10/h2-4,12H,5-6H2,1H3. The molecule has 16 heavy (non-hydrogen) atoms. The number of thiophene rings is 1. The van der Waals surface area contributed by atoms with Crippen LogP contribution in [0.5, 0.6) is 0 Å². The van der Waals surface area contributed by atoms with Gasteiger partial charge in [0.05, 0.1) is 23.5 Å². The summed E-state index contributed by atoms with van der Waals surface area (Å²) in [6.07, 6.45) is 0. The third-order valence-corrected chi connectivity index (χ3v) is 3.60. The van der Waals surface area contributed by atoms with Crippen molar-refractivity contribution in [1.82, 2.24) is 15.1 Å². The molecule has 0 spiro atoms. The van der Waals surface area contributed by atoms with Gasteiger partial charge >= 0.3 is 0 Å². The molecule has 0 amide bonds. The fourth-order valence-corrected chi connectivity index (χ4v) is 2.77. The third kappa shape index (κ3) is 1.32. The number of hydrogen-bond donors (Lipinski definition) is 1. The predicted octanol–water partition coefficient (Wildman–Crippen LogP) is 1.53. The summed E-state index contributed by atoms with van der Waals surface area (Å²) in [6, 6.07) is 3.99. The Morgan fingerprint density at radius 1 is 1.50 bits per heavy atom. The zero-order valence-electron chi connectivity index (χ0n) is 8.86. The maximum absolute atomic E-state index is 11.8. The van der Waals surface area contributed by atoms with Crippen molar-refractivity contribution in [3.63, 3.8) is 0 Å². The Bertz CT molecular complexity index is 542.